The maximum Gasteiger partial charge on any atom is 0.543 e. The monoisotopic (exact) mass is 368 g/mol. The molecule has 0 saturated heterocycles. The number of benzene rings is 1. The molecule has 0 N–H and O–H groups in total. The lowest BCUT2D eigenvalue weighted by molar-refractivity contribution is -0.453. The lowest BCUT2D eigenvalue weighted by Crippen LogP contribution is -2.28. The van der Waals surface area contributed by atoms with Crippen molar-refractivity contribution in [1.29, 1.82) is 0 Å². The number of hydrogen-bond donors (Lipinski definition) is 0. The van der Waals surface area contributed by atoms with Crippen molar-refractivity contribution in [3.8, 4) is 0 Å². The Bertz CT molecular complexity index is 560. The number of hydrogen-bond acceptors (Lipinski definition) is 7. The first-order chi connectivity index (χ1) is 12.2. The van der Waals surface area contributed by atoms with E-state index in [0.29, 0.717) is 0 Å². The van der Waals surface area contributed by atoms with Crippen LogP contribution in [0.4, 0.5) is 4.79 Å². The summed E-state index contributed by atoms with van der Waals surface area (Å²) in [5.41, 5.74) is 1.07. The maximum absolute atomic E-state index is 11.8. The lowest BCUT2D eigenvalue weighted by Gasteiger charge is -2.21. The second kappa shape index (κ2) is 10.8. The molecule has 0 radical (unpaired) electrons. The van der Waals surface area contributed by atoms with Crippen LogP contribution >= 0.6 is 0 Å². The van der Waals surface area contributed by atoms with E-state index in [1.54, 1.807) is 19.1 Å². The fraction of sp³-hybridized carbons (Fsp3) is 0.579. The molecule has 0 amide bonds. The predicted octanol–water partition coefficient (Wildman–Crippen LogP) is 4.39. The third-order valence-corrected chi connectivity index (χ3v) is 3.27. The van der Waals surface area contributed by atoms with Gasteiger partial charge in [0.25, 0.3) is 0 Å². The normalized spacial score (nSPS) is 12.3. The van der Waals surface area contributed by atoms with Gasteiger partial charge in [0.05, 0.1) is 22.8 Å². The average Bonchev–Trinajstić information content (AvgIpc) is 2.58. The first-order valence-electron chi connectivity index (χ1n) is 8.70. The second-order valence-electron chi connectivity index (χ2n) is 6.92. The Labute approximate surface area is 154 Å². The fourth-order valence-corrected chi connectivity index (χ4v) is 1.90. The van der Waals surface area contributed by atoms with E-state index in [9.17, 15) is 9.59 Å². The second-order valence-corrected chi connectivity index (χ2v) is 6.92. The van der Waals surface area contributed by atoms with Crippen LogP contribution in [0.15, 0.2) is 24.3 Å². The van der Waals surface area contributed by atoms with Gasteiger partial charge in [-0.2, -0.15) is 0 Å². The number of rotatable bonds is 9. The Kier molecular flexibility index (Phi) is 9.09. The van der Waals surface area contributed by atoms with Gasteiger partial charge in [-0.1, -0.05) is 25.5 Å². The van der Waals surface area contributed by atoms with Gasteiger partial charge < -0.3 is 9.47 Å². The van der Waals surface area contributed by atoms with Crippen molar-refractivity contribution in [1.82, 2.24) is 0 Å². The van der Waals surface area contributed by atoms with Crippen LogP contribution in [-0.4, -0.2) is 30.4 Å². The van der Waals surface area contributed by atoms with Crippen LogP contribution in [0.5, 0.6) is 0 Å². The highest BCUT2D eigenvalue weighted by molar-refractivity contribution is 5.88. The van der Waals surface area contributed by atoms with E-state index >= 15 is 0 Å². The molecule has 0 aliphatic carbocycles. The Balaban J connectivity index is 2.29. The summed E-state index contributed by atoms with van der Waals surface area (Å²) < 4.78 is 10.4. The minimum absolute atomic E-state index is 0.197. The van der Waals surface area contributed by atoms with Gasteiger partial charge >= 0.3 is 12.1 Å². The third-order valence-electron chi connectivity index (χ3n) is 3.27. The van der Waals surface area contributed by atoms with Crippen LogP contribution in [0.3, 0.4) is 0 Å². The molecule has 1 aromatic carbocycles. The Morgan fingerprint density at radius 3 is 2.31 bits per heavy atom. The summed E-state index contributed by atoms with van der Waals surface area (Å²) in [4.78, 5) is 31.9. The van der Waals surface area contributed by atoms with Crippen molar-refractivity contribution < 1.29 is 33.9 Å². The van der Waals surface area contributed by atoms with Crippen molar-refractivity contribution in [2.75, 3.05) is 6.61 Å². The molecule has 0 aliphatic heterocycles. The zero-order valence-electron chi connectivity index (χ0n) is 16.1. The van der Waals surface area contributed by atoms with E-state index in [-0.39, 0.29) is 17.8 Å². The van der Waals surface area contributed by atoms with Crippen LogP contribution < -0.4 is 0 Å². The summed E-state index contributed by atoms with van der Waals surface area (Å²) in [7, 11) is 0. The van der Waals surface area contributed by atoms with Gasteiger partial charge in [0.2, 0.25) is 0 Å². The summed E-state index contributed by atoms with van der Waals surface area (Å²) >= 11 is 0. The SMILES string of the molecule is CCCCc1ccc(C(=O)OOOC(=O)OC(C)COC(C)(C)C)cc1. The van der Waals surface area contributed by atoms with Crippen LogP contribution in [0.2, 0.25) is 0 Å². The molecule has 0 fully saturated rings. The Morgan fingerprint density at radius 1 is 1.08 bits per heavy atom. The molecule has 0 aromatic heterocycles. The first-order valence-corrected chi connectivity index (χ1v) is 8.70. The molecule has 1 atom stereocenters. The van der Waals surface area contributed by atoms with E-state index in [1.165, 1.54) is 0 Å². The molecule has 7 nitrogen and oxygen atoms in total. The molecule has 0 bridgehead atoms. The molecule has 0 heterocycles. The Morgan fingerprint density at radius 2 is 1.73 bits per heavy atom. The number of ether oxygens (including phenoxy) is 2. The predicted molar refractivity (Wildman–Crippen MR) is 94.3 cm³/mol. The molecule has 1 rings (SSSR count). The van der Waals surface area contributed by atoms with Crippen molar-refractivity contribution in [2.24, 2.45) is 0 Å². The molecule has 7 heteroatoms. The maximum atomic E-state index is 11.8. The molecular weight excluding hydrogens is 340 g/mol. The molecule has 0 saturated carbocycles. The van der Waals surface area contributed by atoms with Crippen LogP contribution in [0, 0.1) is 0 Å². The number of aryl methyl sites for hydroxylation is 1. The smallest absolute Gasteiger partial charge is 0.427 e. The van der Waals surface area contributed by atoms with Gasteiger partial charge in [0.15, 0.2) is 0 Å². The number of carbonyl (C=O) groups is 2. The highest BCUT2D eigenvalue weighted by Gasteiger charge is 2.18. The molecule has 146 valence electrons. The summed E-state index contributed by atoms with van der Waals surface area (Å²) in [6, 6.07) is 6.94. The lowest BCUT2D eigenvalue weighted by atomic mass is 10.1. The van der Waals surface area contributed by atoms with Gasteiger partial charge in [-0.25, -0.2) is 14.5 Å². The number of unbranched alkanes of at least 4 members (excludes halogenated alkanes) is 1. The highest BCUT2D eigenvalue weighted by atomic mass is 17.5. The number of carbonyl (C=O) groups excluding carboxylic acids is 2. The van der Waals surface area contributed by atoms with Gasteiger partial charge in [0.1, 0.15) is 6.10 Å². The van der Waals surface area contributed by atoms with E-state index in [2.05, 4.69) is 21.7 Å². The topological polar surface area (TPSA) is 80.3 Å². The van der Waals surface area contributed by atoms with Crippen molar-refractivity contribution in [3.05, 3.63) is 35.4 Å². The first kappa shape index (κ1) is 21.9. The van der Waals surface area contributed by atoms with E-state index in [1.807, 2.05) is 32.9 Å². The largest absolute Gasteiger partial charge is 0.543 e. The summed E-state index contributed by atoms with van der Waals surface area (Å²) in [5.74, 6) is -0.774. The minimum atomic E-state index is -1.13. The molecule has 0 aliphatic rings. The van der Waals surface area contributed by atoms with Crippen LogP contribution in [-0.2, 0) is 30.7 Å². The summed E-state index contributed by atoms with van der Waals surface area (Å²) in [5, 5.41) is 4.19. The minimum Gasteiger partial charge on any atom is -0.427 e. The molecule has 26 heavy (non-hydrogen) atoms. The zero-order chi connectivity index (χ0) is 19.6. The third kappa shape index (κ3) is 9.39. The zero-order valence-corrected chi connectivity index (χ0v) is 16.1. The molecule has 1 aromatic rings. The van der Waals surface area contributed by atoms with Gasteiger partial charge in [-0.05, 0) is 58.2 Å². The van der Waals surface area contributed by atoms with E-state index < -0.39 is 18.2 Å². The highest BCUT2D eigenvalue weighted by Crippen LogP contribution is 2.10. The van der Waals surface area contributed by atoms with Crippen molar-refractivity contribution >= 4 is 12.1 Å². The van der Waals surface area contributed by atoms with Crippen molar-refractivity contribution in [2.45, 2.75) is 65.6 Å². The molecular formula is C19H28O7. The summed E-state index contributed by atoms with van der Waals surface area (Å²) in [6.45, 7) is 9.61. The van der Waals surface area contributed by atoms with Crippen LogP contribution in [0.25, 0.3) is 0 Å². The molecule has 1 unspecified atom stereocenters. The van der Waals surface area contributed by atoms with E-state index in [0.717, 1.165) is 24.8 Å². The van der Waals surface area contributed by atoms with Crippen molar-refractivity contribution in [3.63, 3.8) is 0 Å². The van der Waals surface area contributed by atoms with E-state index in [4.69, 9.17) is 9.47 Å². The quantitative estimate of drug-likeness (QED) is 0.363. The van der Waals surface area contributed by atoms with Gasteiger partial charge in [-0.3, -0.25) is 4.89 Å². The molecule has 0 spiro atoms. The van der Waals surface area contributed by atoms with Crippen LogP contribution in [0.1, 0.15) is 63.4 Å². The average molecular weight is 368 g/mol. The van der Waals surface area contributed by atoms with Gasteiger partial charge in [0, 0.05) is 0 Å². The standard InChI is InChI=1S/C19H28O7/c1-6-7-8-15-9-11-16(12-10-15)17(20)24-26-25-18(21)23-14(2)13-22-19(3,4)5/h9-12,14H,6-8,13H2,1-5H3. The summed E-state index contributed by atoms with van der Waals surface area (Å²) in [6.07, 6.45) is 1.47. The van der Waals surface area contributed by atoms with Gasteiger partial charge in [-0.15, -0.1) is 0 Å². The Hall–Kier alpha value is -2.12. The fourth-order valence-electron chi connectivity index (χ4n) is 1.90.